The fourth-order valence-electron chi connectivity index (χ4n) is 3.93. The van der Waals surface area contributed by atoms with Gasteiger partial charge < -0.3 is 4.90 Å². The van der Waals surface area contributed by atoms with E-state index in [0.29, 0.717) is 12.5 Å². The predicted octanol–water partition coefficient (Wildman–Crippen LogP) is 3.18. The van der Waals surface area contributed by atoms with Crippen LogP contribution in [0.3, 0.4) is 0 Å². The largest absolute Gasteiger partial charge is 0.357 e. The highest BCUT2D eigenvalue weighted by Crippen LogP contribution is 2.32. The number of anilines is 1. The summed E-state index contributed by atoms with van der Waals surface area (Å²) < 4.78 is 26.2. The van der Waals surface area contributed by atoms with Gasteiger partial charge in [0, 0.05) is 32.1 Å². The lowest BCUT2D eigenvalue weighted by Crippen LogP contribution is -2.40. The van der Waals surface area contributed by atoms with Crippen LogP contribution in [0.4, 0.5) is 5.82 Å². The van der Waals surface area contributed by atoms with E-state index in [4.69, 9.17) is 4.98 Å². The van der Waals surface area contributed by atoms with Gasteiger partial charge in [0.1, 0.15) is 5.82 Å². The fourth-order valence-corrected chi connectivity index (χ4v) is 5.59. The van der Waals surface area contributed by atoms with Crippen molar-refractivity contribution in [1.29, 1.82) is 0 Å². The van der Waals surface area contributed by atoms with Crippen molar-refractivity contribution in [2.24, 2.45) is 5.92 Å². The molecule has 2 heterocycles. The number of aryl methyl sites for hydroxylation is 1. The zero-order valence-corrected chi connectivity index (χ0v) is 16.4. The van der Waals surface area contributed by atoms with Crippen LogP contribution in [0.5, 0.6) is 0 Å². The van der Waals surface area contributed by atoms with Gasteiger partial charge in [-0.05, 0) is 56.2 Å². The number of nitrogens with zero attached hydrogens (tertiary/aromatic N) is 3. The first-order chi connectivity index (χ1) is 12.4. The number of rotatable bonds is 5. The van der Waals surface area contributed by atoms with E-state index in [9.17, 15) is 8.42 Å². The molecule has 0 radical (unpaired) electrons. The third kappa shape index (κ3) is 3.45. The third-order valence-corrected chi connectivity index (χ3v) is 8.08. The van der Waals surface area contributed by atoms with Crippen LogP contribution in [-0.2, 0) is 10.0 Å². The smallest absolute Gasteiger partial charge is 0.216 e. The third-order valence-electron chi connectivity index (χ3n) is 5.74. The molecular formula is C20H27N3O2S. The molecule has 2 aliphatic rings. The molecule has 1 aromatic heterocycles. The van der Waals surface area contributed by atoms with Crippen molar-refractivity contribution in [3.05, 3.63) is 35.9 Å². The second kappa shape index (κ2) is 6.82. The Morgan fingerprint density at radius 1 is 1.15 bits per heavy atom. The number of para-hydroxylation sites is 1. The van der Waals surface area contributed by atoms with Gasteiger partial charge in [0.05, 0.1) is 10.8 Å². The minimum absolute atomic E-state index is 0.114. The molecule has 1 saturated heterocycles. The van der Waals surface area contributed by atoms with Crippen molar-refractivity contribution in [2.75, 3.05) is 31.6 Å². The summed E-state index contributed by atoms with van der Waals surface area (Å²) in [4.78, 5) is 7.17. The maximum absolute atomic E-state index is 12.3. The molecule has 1 aliphatic heterocycles. The minimum atomic E-state index is -3.05. The van der Waals surface area contributed by atoms with Gasteiger partial charge in [-0.1, -0.05) is 18.2 Å². The van der Waals surface area contributed by atoms with Crippen LogP contribution in [-0.4, -0.2) is 49.6 Å². The zero-order chi connectivity index (χ0) is 18.3. The molecule has 140 valence electrons. The number of aromatic nitrogens is 1. The first-order valence-corrected chi connectivity index (χ1v) is 11.0. The first-order valence-electron chi connectivity index (χ1n) is 9.51. The van der Waals surface area contributed by atoms with Crippen LogP contribution in [0.25, 0.3) is 10.9 Å². The molecule has 0 spiro atoms. The van der Waals surface area contributed by atoms with Crippen molar-refractivity contribution in [2.45, 2.75) is 37.9 Å². The Balaban J connectivity index is 1.41. The molecular weight excluding hydrogens is 346 g/mol. The van der Waals surface area contributed by atoms with Crippen LogP contribution >= 0.6 is 0 Å². The molecule has 26 heavy (non-hydrogen) atoms. The monoisotopic (exact) mass is 373 g/mol. The molecule has 0 bridgehead atoms. The molecule has 1 aliphatic carbocycles. The van der Waals surface area contributed by atoms with Crippen molar-refractivity contribution >= 4 is 26.7 Å². The Morgan fingerprint density at radius 2 is 1.85 bits per heavy atom. The fraction of sp³-hybridized carbons (Fsp3) is 0.550. The molecule has 4 rings (SSSR count). The van der Waals surface area contributed by atoms with Crippen LogP contribution < -0.4 is 4.90 Å². The lowest BCUT2D eigenvalue weighted by molar-refractivity contribution is 0.327. The number of hydrogen-bond donors (Lipinski definition) is 0. The van der Waals surface area contributed by atoms with E-state index >= 15 is 0 Å². The Bertz CT molecular complexity index is 900. The van der Waals surface area contributed by atoms with Gasteiger partial charge >= 0.3 is 0 Å². The van der Waals surface area contributed by atoms with Crippen molar-refractivity contribution in [1.82, 2.24) is 9.29 Å². The number of benzene rings is 1. The topological polar surface area (TPSA) is 53.5 Å². The Morgan fingerprint density at radius 3 is 2.54 bits per heavy atom. The van der Waals surface area contributed by atoms with Gasteiger partial charge in [0.2, 0.25) is 10.0 Å². The average molecular weight is 374 g/mol. The molecule has 0 N–H and O–H groups in total. The van der Waals surface area contributed by atoms with E-state index in [2.05, 4.69) is 30.0 Å². The molecule has 1 aromatic carbocycles. The molecule has 6 heteroatoms. The molecule has 0 unspecified atom stereocenters. The van der Waals surface area contributed by atoms with Gasteiger partial charge in [0.25, 0.3) is 0 Å². The first kappa shape index (κ1) is 17.7. The Hall–Kier alpha value is -1.66. The molecule has 0 amide bonds. The average Bonchev–Trinajstić information content (AvgIpc) is 3.48. The van der Waals surface area contributed by atoms with Crippen molar-refractivity contribution in [3.8, 4) is 0 Å². The lowest BCUT2D eigenvalue weighted by Gasteiger charge is -2.34. The summed E-state index contributed by atoms with van der Waals surface area (Å²) in [5.74, 6) is 1.48. The summed E-state index contributed by atoms with van der Waals surface area (Å²) in [7, 11) is -1.31. The van der Waals surface area contributed by atoms with E-state index in [-0.39, 0.29) is 5.25 Å². The van der Waals surface area contributed by atoms with Gasteiger partial charge in [-0.25, -0.2) is 17.7 Å². The SMILES string of the molecule is Cc1cc(N2CCC(CN(C)S(=O)(=O)C3CC3)CC2)nc2ccccc12. The number of sulfonamides is 1. The van der Waals surface area contributed by atoms with E-state index < -0.39 is 10.0 Å². The van der Waals surface area contributed by atoms with Crippen LogP contribution in [0.15, 0.2) is 30.3 Å². The van der Waals surface area contributed by atoms with Gasteiger partial charge in [-0.15, -0.1) is 0 Å². The standard InChI is InChI=1S/C20H27N3O2S/c1-15-13-20(21-19-6-4-3-5-18(15)19)23-11-9-16(10-12-23)14-22(2)26(24,25)17-7-8-17/h3-6,13,16-17H,7-12,14H2,1-2H3. The van der Waals surface area contributed by atoms with Crippen molar-refractivity contribution < 1.29 is 8.42 Å². The number of pyridine rings is 1. The lowest BCUT2D eigenvalue weighted by atomic mass is 9.96. The maximum atomic E-state index is 12.3. The van der Waals surface area contributed by atoms with E-state index in [1.807, 2.05) is 12.1 Å². The highest BCUT2D eigenvalue weighted by Gasteiger charge is 2.39. The second-order valence-corrected chi connectivity index (χ2v) is 10.1. The summed E-state index contributed by atoms with van der Waals surface area (Å²) in [6.07, 6.45) is 3.69. The summed E-state index contributed by atoms with van der Waals surface area (Å²) in [5.41, 5.74) is 2.29. The number of piperidine rings is 1. The van der Waals surface area contributed by atoms with E-state index in [1.54, 1.807) is 11.4 Å². The highest BCUT2D eigenvalue weighted by molar-refractivity contribution is 7.90. The number of hydrogen-bond acceptors (Lipinski definition) is 4. The van der Waals surface area contributed by atoms with E-state index in [1.165, 1.54) is 10.9 Å². The van der Waals surface area contributed by atoms with Gasteiger partial charge in [-0.2, -0.15) is 0 Å². The second-order valence-electron chi connectivity index (χ2n) is 7.77. The van der Waals surface area contributed by atoms with Gasteiger partial charge in [-0.3, -0.25) is 0 Å². The summed E-state index contributed by atoms with van der Waals surface area (Å²) in [5, 5.41) is 1.09. The van der Waals surface area contributed by atoms with E-state index in [0.717, 1.165) is 50.1 Å². The molecule has 0 atom stereocenters. The van der Waals surface area contributed by atoms with Crippen LogP contribution in [0.2, 0.25) is 0 Å². The maximum Gasteiger partial charge on any atom is 0.216 e. The predicted molar refractivity (Wildman–Crippen MR) is 106 cm³/mol. The molecule has 5 nitrogen and oxygen atoms in total. The number of fused-ring (bicyclic) bond motifs is 1. The normalized spacial score (nSPS) is 19.4. The summed E-state index contributed by atoms with van der Waals surface area (Å²) in [6, 6.07) is 10.4. The Kier molecular flexibility index (Phi) is 4.65. The van der Waals surface area contributed by atoms with Gasteiger partial charge in [0.15, 0.2) is 0 Å². The molecule has 2 fully saturated rings. The zero-order valence-electron chi connectivity index (χ0n) is 15.6. The molecule has 1 saturated carbocycles. The Labute approximate surface area is 156 Å². The molecule has 2 aromatic rings. The summed E-state index contributed by atoms with van der Waals surface area (Å²) in [6.45, 7) is 4.66. The minimum Gasteiger partial charge on any atom is -0.357 e. The highest BCUT2D eigenvalue weighted by atomic mass is 32.2. The van der Waals surface area contributed by atoms with Crippen LogP contribution in [0.1, 0.15) is 31.2 Å². The quantitative estimate of drug-likeness (QED) is 0.808. The summed E-state index contributed by atoms with van der Waals surface area (Å²) >= 11 is 0. The van der Waals surface area contributed by atoms with Crippen molar-refractivity contribution in [3.63, 3.8) is 0 Å². The van der Waals surface area contributed by atoms with Crippen LogP contribution in [0, 0.1) is 12.8 Å².